The zero-order chi connectivity index (χ0) is 29.4. The number of hydrogen-bond acceptors (Lipinski definition) is 1. The van der Waals surface area contributed by atoms with Gasteiger partial charge in [-0.2, -0.15) is 0 Å². The summed E-state index contributed by atoms with van der Waals surface area (Å²) in [6, 6.07) is 53.0. The van der Waals surface area contributed by atoms with Crippen molar-refractivity contribution in [2.24, 2.45) is 0 Å². The van der Waals surface area contributed by atoms with E-state index >= 15 is 0 Å². The molecule has 9 rings (SSSR count). The van der Waals surface area contributed by atoms with Crippen LogP contribution in [0, 0.1) is 0 Å². The summed E-state index contributed by atoms with van der Waals surface area (Å²) in [6.45, 7) is 4.70. The Balaban J connectivity index is 1.22. The Labute approximate surface area is 258 Å². The standard InChI is InChI=1S/C43H30O/c1-43(2)38-16-7-6-14-34(38)35-20-18-30(26-39(35)43)33-23-31(27-10-4-3-5-11-27)22-32(24-33)29-19-21-40-37(25-29)36-15-8-12-28-13-9-17-41(44-40)42(28)36/h3-26H,1-2H3. The van der Waals surface area contributed by atoms with Crippen LogP contribution in [-0.4, -0.2) is 0 Å². The minimum Gasteiger partial charge on any atom is -0.456 e. The van der Waals surface area contributed by atoms with Crippen LogP contribution in [0.3, 0.4) is 0 Å². The Morgan fingerprint density at radius 3 is 1.84 bits per heavy atom. The predicted molar refractivity (Wildman–Crippen MR) is 183 cm³/mol. The smallest absolute Gasteiger partial charge is 0.135 e. The molecule has 0 aromatic heterocycles. The predicted octanol–water partition coefficient (Wildman–Crippen LogP) is 11.9. The first-order valence-corrected chi connectivity index (χ1v) is 15.3. The molecule has 1 heterocycles. The van der Waals surface area contributed by atoms with E-state index in [1.807, 2.05) is 0 Å². The highest BCUT2D eigenvalue weighted by atomic mass is 16.5. The minimum atomic E-state index is -0.0440. The number of ether oxygens (including phenoxy) is 1. The Hall–Kier alpha value is -5.40. The van der Waals surface area contributed by atoms with Crippen molar-refractivity contribution in [1.82, 2.24) is 0 Å². The fourth-order valence-electron chi connectivity index (χ4n) is 7.39. The van der Waals surface area contributed by atoms with E-state index in [4.69, 9.17) is 4.74 Å². The number of rotatable bonds is 3. The van der Waals surface area contributed by atoms with Gasteiger partial charge in [-0.15, -0.1) is 0 Å². The molecule has 7 aromatic rings. The molecule has 0 saturated heterocycles. The summed E-state index contributed by atoms with van der Waals surface area (Å²) in [5.74, 6) is 1.83. The molecule has 2 aliphatic rings. The molecule has 7 aromatic carbocycles. The monoisotopic (exact) mass is 562 g/mol. The van der Waals surface area contributed by atoms with Gasteiger partial charge in [0.05, 0.1) is 0 Å². The molecular formula is C43H30O. The second kappa shape index (κ2) is 9.30. The third-order valence-electron chi connectivity index (χ3n) is 9.65. The topological polar surface area (TPSA) is 9.23 Å². The summed E-state index contributed by atoms with van der Waals surface area (Å²) in [5.41, 5.74) is 15.1. The van der Waals surface area contributed by atoms with Crippen LogP contribution in [0.25, 0.3) is 66.4 Å². The molecular weight excluding hydrogens is 532 g/mol. The summed E-state index contributed by atoms with van der Waals surface area (Å²) in [7, 11) is 0. The molecule has 0 bridgehead atoms. The largest absolute Gasteiger partial charge is 0.456 e. The first kappa shape index (κ1) is 25.1. The van der Waals surface area contributed by atoms with E-state index < -0.39 is 0 Å². The quantitative estimate of drug-likeness (QED) is 0.208. The lowest BCUT2D eigenvalue weighted by molar-refractivity contribution is 0.487. The molecule has 1 aliphatic heterocycles. The van der Waals surface area contributed by atoms with Gasteiger partial charge in [0.25, 0.3) is 0 Å². The molecule has 0 N–H and O–H groups in total. The van der Waals surface area contributed by atoms with Crippen molar-refractivity contribution in [1.29, 1.82) is 0 Å². The molecule has 44 heavy (non-hydrogen) atoms. The van der Waals surface area contributed by atoms with Crippen molar-refractivity contribution in [3.63, 3.8) is 0 Å². The van der Waals surface area contributed by atoms with Crippen LogP contribution < -0.4 is 4.74 Å². The van der Waals surface area contributed by atoms with Gasteiger partial charge in [-0.3, -0.25) is 0 Å². The minimum absolute atomic E-state index is 0.0440. The highest BCUT2D eigenvalue weighted by Gasteiger charge is 2.35. The third-order valence-corrected chi connectivity index (χ3v) is 9.65. The lowest BCUT2D eigenvalue weighted by Gasteiger charge is -2.22. The maximum Gasteiger partial charge on any atom is 0.135 e. The first-order chi connectivity index (χ1) is 21.5. The van der Waals surface area contributed by atoms with Crippen LogP contribution in [0.15, 0.2) is 146 Å². The summed E-state index contributed by atoms with van der Waals surface area (Å²) in [5, 5.41) is 2.38. The Bertz CT molecular complexity index is 2270. The molecule has 0 fully saturated rings. The van der Waals surface area contributed by atoms with E-state index in [1.54, 1.807) is 0 Å². The normalized spacial score (nSPS) is 13.6. The van der Waals surface area contributed by atoms with Gasteiger partial charge < -0.3 is 4.74 Å². The average molecular weight is 563 g/mol. The molecule has 0 radical (unpaired) electrons. The van der Waals surface area contributed by atoms with Crippen LogP contribution in [-0.2, 0) is 5.41 Å². The Kier molecular flexibility index (Phi) is 5.31. The van der Waals surface area contributed by atoms with E-state index in [2.05, 4.69) is 159 Å². The van der Waals surface area contributed by atoms with E-state index in [0.717, 1.165) is 17.1 Å². The van der Waals surface area contributed by atoms with Gasteiger partial charge in [-0.05, 0) is 109 Å². The van der Waals surface area contributed by atoms with Crippen molar-refractivity contribution in [3.05, 3.63) is 157 Å². The van der Waals surface area contributed by atoms with E-state index in [9.17, 15) is 0 Å². The maximum absolute atomic E-state index is 6.42. The van der Waals surface area contributed by atoms with E-state index in [1.165, 1.54) is 72.0 Å². The Morgan fingerprint density at radius 1 is 0.386 bits per heavy atom. The zero-order valence-electron chi connectivity index (χ0n) is 24.8. The van der Waals surface area contributed by atoms with Crippen molar-refractivity contribution in [2.75, 3.05) is 0 Å². The van der Waals surface area contributed by atoms with E-state index in [0.29, 0.717) is 0 Å². The molecule has 0 spiro atoms. The van der Waals surface area contributed by atoms with Gasteiger partial charge in [0.2, 0.25) is 0 Å². The lowest BCUT2D eigenvalue weighted by Crippen LogP contribution is -2.14. The van der Waals surface area contributed by atoms with Gasteiger partial charge >= 0.3 is 0 Å². The van der Waals surface area contributed by atoms with Crippen molar-refractivity contribution in [2.45, 2.75) is 19.3 Å². The second-order valence-corrected chi connectivity index (χ2v) is 12.6. The number of fused-ring (bicyclic) bond motifs is 5. The molecule has 1 aliphatic carbocycles. The van der Waals surface area contributed by atoms with Crippen molar-refractivity contribution < 1.29 is 4.74 Å². The molecule has 1 heteroatoms. The van der Waals surface area contributed by atoms with Crippen molar-refractivity contribution in [3.8, 4) is 67.1 Å². The summed E-state index contributed by atoms with van der Waals surface area (Å²) in [4.78, 5) is 0. The summed E-state index contributed by atoms with van der Waals surface area (Å²) in [6.07, 6.45) is 0. The van der Waals surface area contributed by atoms with Crippen molar-refractivity contribution >= 4 is 10.8 Å². The molecule has 0 saturated carbocycles. The molecule has 0 unspecified atom stereocenters. The SMILES string of the molecule is CC1(C)c2ccccc2-c2ccc(-c3cc(-c4ccccc4)cc(-c4ccc5c(c4)-c4cccc6cccc(c46)O5)c3)cc21. The van der Waals surface area contributed by atoms with Gasteiger partial charge in [0.1, 0.15) is 11.5 Å². The van der Waals surface area contributed by atoms with Gasteiger partial charge in [0, 0.05) is 16.4 Å². The highest BCUT2D eigenvalue weighted by molar-refractivity contribution is 6.04. The molecule has 0 amide bonds. The fraction of sp³-hybridized carbons (Fsp3) is 0.0698. The van der Waals surface area contributed by atoms with Crippen LogP contribution in [0.5, 0.6) is 11.5 Å². The lowest BCUT2D eigenvalue weighted by atomic mass is 9.81. The van der Waals surface area contributed by atoms with Crippen LogP contribution >= 0.6 is 0 Å². The molecule has 208 valence electrons. The zero-order valence-corrected chi connectivity index (χ0v) is 24.8. The number of benzene rings is 7. The fourth-order valence-corrected chi connectivity index (χ4v) is 7.39. The molecule has 1 nitrogen and oxygen atoms in total. The Morgan fingerprint density at radius 2 is 1.02 bits per heavy atom. The summed E-state index contributed by atoms with van der Waals surface area (Å²) >= 11 is 0. The number of hydrogen-bond donors (Lipinski definition) is 0. The van der Waals surface area contributed by atoms with Gasteiger partial charge in [-0.25, -0.2) is 0 Å². The third kappa shape index (κ3) is 3.72. The second-order valence-electron chi connectivity index (χ2n) is 12.6. The van der Waals surface area contributed by atoms with Crippen LogP contribution in [0.2, 0.25) is 0 Å². The highest BCUT2D eigenvalue weighted by Crippen LogP contribution is 2.50. The summed E-state index contributed by atoms with van der Waals surface area (Å²) < 4.78 is 6.42. The van der Waals surface area contributed by atoms with Crippen LogP contribution in [0.1, 0.15) is 25.0 Å². The van der Waals surface area contributed by atoms with E-state index in [-0.39, 0.29) is 5.41 Å². The van der Waals surface area contributed by atoms with Crippen LogP contribution in [0.4, 0.5) is 0 Å². The first-order valence-electron chi connectivity index (χ1n) is 15.3. The van der Waals surface area contributed by atoms with Gasteiger partial charge in [0.15, 0.2) is 0 Å². The molecule has 0 atom stereocenters. The maximum atomic E-state index is 6.42. The average Bonchev–Trinajstić information content (AvgIpc) is 3.31. The van der Waals surface area contributed by atoms with Gasteiger partial charge in [-0.1, -0.05) is 117 Å².